The molecule has 1 aromatic rings. The van der Waals surface area contributed by atoms with E-state index in [4.69, 9.17) is 4.74 Å². The average Bonchev–Trinajstić information content (AvgIpc) is 2.72. The van der Waals surface area contributed by atoms with Gasteiger partial charge in [-0.2, -0.15) is 13.2 Å². The van der Waals surface area contributed by atoms with Crippen LogP contribution >= 0.6 is 10.2 Å². The normalized spacial score (nSPS) is 17.5. The van der Waals surface area contributed by atoms with E-state index >= 15 is 0 Å². The van der Waals surface area contributed by atoms with E-state index in [2.05, 4.69) is 14.3 Å². The molecule has 0 aromatic heterocycles. The van der Waals surface area contributed by atoms with E-state index in [9.17, 15) is 52.3 Å². The number of alkyl halides is 3. The number of halogens is 8. The molecule has 204 valence electrons. The third kappa shape index (κ3) is 7.59. The fourth-order valence-corrected chi connectivity index (χ4v) is 3.62. The van der Waals surface area contributed by atoms with Gasteiger partial charge < -0.3 is 19.0 Å². The second kappa shape index (κ2) is 9.29. The van der Waals surface area contributed by atoms with Crippen LogP contribution in [0.4, 0.5) is 32.6 Å². The maximum Gasteiger partial charge on any atom is 0.430 e. The molecule has 0 spiro atoms. The summed E-state index contributed by atoms with van der Waals surface area (Å²) in [6.07, 6.45) is -8.91. The van der Waals surface area contributed by atoms with Gasteiger partial charge in [-0.1, -0.05) is 26.4 Å². The molecule has 0 saturated carbocycles. The Morgan fingerprint density at radius 3 is 2.22 bits per heavy atom. The van der Waals surface area contributed by atoms with Crippen molar-refractivity contribution in [2.24, 2.45) is 0 Å². The summed E-state index contributed by atoms with van der Waals surface area (Å²) in [5.74, 6) is -3.52. The number of hydrogen-bond donors (Lipinski definition) is 0. The molecule has 36 heavy (non-hydrogen) atoms. The van der Waals surface area contributed by atoms with Gasteiger partial charge in [0, 0.05) is 5.56 Å². The van der Waals surface area contributed by atoms with Crippen LogP contribution < -0.4 is 4.74 Å². The first-order chi connectivity index (χ1) is 16.2. The summed E-state index contributed by atoms with van der Waals surface area (Å²) in [7, 11) is -10.2. The number of carbonyl (C=O) groups is 2. The maximum atomic E-state index is 13.5. The van der Waals surface area contributed by atoms with Crippen LogP contribution in [0.5, 0.6) is 5.75 Å². The van der Waals surface area contributed by atoms with Crippen molar-refractivity contribution in [2.75, 3.05) is 19.8 Å². The Bertz CT molecular complexity index is 1090. The molecule has 9 nitrogen and oxygen atoms in total. The predicted octanol–water partition coefficient (Wildman–Crippen LogP) is 5.30. The van der Waals surface area contributed by atoms with Crippen LogP contribution in [0.2, 0.25) is 0 Å². The van der Waals surface area contributed by atoms with Gasteiger partial charge in [0.05, 0.1) is 12.0 Å². The molecule has 1 aliphatic rings. The highest BCUT2D eigenvalue weighted by Gasteiger charge is 2.66. The minimum atomic E-state index is -10.2. The standard InChI is InChI=1S/C18H17F8NO8S/c1-2-10-7-12(36(22,23,24,25)26)8-11-9-13(16(18(19,20)21)35-15(10)11)17(29)33-6-5-32-14(28)3-4-34-27(30)31/h7-9,16H,2-6H2,1H3/t16-/m0/s1. The first-order valence-corrected chi connectivity index (χ1v) is 11.6. The van der Waals surface area contributed by atoms with Gasteiger partial charge in [0.1, 0.15) is 30.5 Å². The van der Waals surface area contributed by atoms with E-state index in [0.717, 1.165) is 0 Å². The lowest BCUT2D eigenvalue weighted by Crippen LogP contribution is -2.41. The zero-order valence-corrected chi connectivity index (χ0v) is 18.8. The van der Waals surface area contributed by atoms with Gasteiger partial charge >= 0.3 is 28.3 Å². The number of carbonyl (C=O) groups excluding carboxylic acids is 2. The molecule has 1 aromatic carbocycles. The molecule has 1 aliphatic heterocycles. The molecule has 1 heterocycles. The van der Waals surface area contributed by atoms with Crippen LogP contribution in [0, 0.1) is 10.1 Å². The molecular weight excluding hydrogens is 542 g/mol. The largest absolute Gasteiger partial charge is 0.475 e. The lowest BCUT2D eigenvalue weighted by molar-refractivity contribution is -0.757. The molecule has 1 atom stereocenters. The Hall–Kier alpha value is -3.31. The van der Waals surface area contributed by atoms with E-state index in [1.807, 2.05) is 0 Å². The molecule has 0 aliphatic carbocycles. The van der Waals surface area contributed by atoms with Crippen molar-refractivity contribution in [2.45, 2.75) is 36.9 Å². The van der Waals surface area contributed by atoms with Crippen LogP contribution in [-0.4, -0.2) is 49.1 Å². The molecule has 0 N–H and O–H groups in total. The summed E-state index contributed by atoms with van der Waals surface area (Å²) in [5, 5.41) is 8.79. The summed E-state index contributed by atoms with van der Waals surface area (Å²) in [6.45, 7) is -0.960. The smallest absolute Gasteiger partial charge is 0.430 e. The summed E-state index contributed by atoms with van der Waals surface area (Å²) < 4.78 is 121. The van der Waals surface area contributed by atoms with Gasteiger partial charge in [-0.15, -0.1) is 10.1 Å². The number of rotatable bonds is 10. The van der Waals surface area contributed by atoms with Crippen molar-refractivity contribution in [1.82, 2.24) is 0 Å². The molecule has 2 rings (SSSR count). The highest BCUT2D eigenvalue weighted by molar-refractivity contribution is 8.45. The van der Waals surface area contributed by atoms with Crippen molar-refractivity contribution in [3.8, 4) is 5.75 Å². The predicted molar refractivity (Wildman–Crippen MR) is 105 cm³/mol. The summed E-state index contributed by atoms with van der Waals surface area (Å²) >= 11 is 0. The molecule has 0 bridgehead atoms. The molecule has 0 saturated heterocycles. The monoisotopic (exact) mass is 559 g/mol. The van der Waals surface area contributed by atoms with Crippen molar-refractivity contribution in [3.05, 3.63) is 38.9 Å². The highest BCUT2D eigenvalue weighted by atomic mass is 32.5. The van der Waals surface area contributed by atoms with Gasteiger partial charge in [-0.3, -0.25) is 4.79 Å². The molecule has 0 amide bonds. The second-order valence-electron chi connectivity index (χ2n) is 7.13. The van der Waals surface area contributed by atoms with Gasteiger partial charge in [-0.25, -0.2) is 4.79 Å². The zero-order chi connectivity index (χ0) is 27.6. The first kappa shape index (κ1) is 28.9. The maximum absolute atomic E-state index is 13.5. The lowest BCUT2D eigenvalue weighted by Gasteiger charge is -2.41. The van der Waals surface area contributed by atoms with Gasteiger partial charge in [0.25, 0.3) is 5.09 Å². The topological polar surface area (TPSA) is 114 Å². The molecule has 18 heteroatoms. The van der Waals surface area contributed by atoms with Crippen molar-refractivity contribution >= 4 is 28.2 Å². The number of fused-ring (bicyclic) bond motifs is 1. The number of esters is 2. The Morgan fingerprint density at radius 2 is 1.69 bits per heavy atom. The van der Waals surface area contributed by atoms with Crippen molar-refractivity contribution in [1.29, 1.82) is 0 Å². The molecule has 0 radical (unpaired) electrons. The minimum Gasteiger partial charge on any atom is -0.475 e. The number of ether oxygens (including phenoxy) is 3. The Kier molecular flexibility index (Phi) is 7.46. The van der Waals surface area contributed by atoms with Crippen LogP contribution in [-0.2, 0) is 30.3 Å². The fraction of sp³-hybridized carbons (Fsp3) is 0.444. The van der Waals surface area contributed by atoms with Crippen molar-refractivity contribution < 1.29 is 66.3 Å². The fourth-order valence-electron chi connectivity index (χ4n) is 2.90. The van der Waals surface area contributed by atoms with E-state index < -0.39 is 99.5 Å². The van der Waals surface area contributed by atoms with Gasteiger partial charge in [0.2, 0.25) is 6.10 Å². The number of nitrogens with zero attached hydrogens (tertiary/aromatic N) is 1. The van der Waals surface area contributed by atoms with Gasteiger partial charge in [0.15, 0.2) is 0 Å². The van der Waals surface area contributed by atoms with Crippen LogP contribution in [0.25, 0.3) is 6.08 Å². The van der Waals surface area contributed by atoms with Crippen molar-refractivity contribution in [3.63, 3.8) is 0 Å². The summed E-state index contributed by atoms with van der Waals surface area (Å²) in [6, 6.07) is -0.124. The highest BCUT2D eigenvalue weighted by Crippen LogP contribution is 3.02. The van der Waals surface area contributed by atoms with E-state index in [1.54, 1.807) is 0 Å². The first-order valence-electron chi connectivity index (χ1n) is 9.69. The Morgan fingerprint density at radius 1 is 1.08 bits per heavy atom. The van der Waals surface area contributed by atoms with Crippen LogP contribution in [0.15, 0.2) is 22.6 Å². The number of hydrogen-bond acceptors (Lipinski definition) is 8. The van der Waals surface area contributed by atoms with E-state index in [1.165, 1.54) is 6.92 Å². The average molecular weight is 559 g/mol. The Labute approximate surface area is 196 Å². The number of benzene rings is 1. The zero-order valence-electron chi connectivity index (χ0n) is 18.0. The van der Waals surface area contributed by atoms with E-state index in [0.29, 0.717) is 6.08 Å². The summed E-state index contributed by atoms with van der Waals surface area (Å²) in [5.41, 5.74) is -2.77. The SMILES string of the molecule is CCc1cc(S(F)(F)(F)(F)F)cc2c1O[C@H](C(F)(F)F)C(C(=O)OCCOC(=O)CCO[N+](=O)[O-])=C2. The van der Waals surface area contributed by atoms with Crippen LogP contribution in [0.1, 0.15) is 24.5 Å². The molecule has 0 unspecified atom stereocenters. The molecule has 0 fully saturated rings. The quantitative estimate of drug-likeness (QED) is 0.125. The summed E-state index contributed by atoms with van der Waals surface area (Å²) in [4.78, 5) is 35.0. The molecular formula is C18H17F8NO8S. The number of aryl methyl sites for hydroxylation is 1. The van der Waals surface area contributed by atoms with Crippen LogP contribution in [0.3, 0.4) is 0 Å². The van der Waals surface area contributed by atoms with E-state index in [-0.39, 0.29) is 12.1 Å². The Balaban J connectivity index is 2.27. The third-order valence-corrected chi connectivity index (χ3v) is 5.57. The third-order valence-electron chi connectivity index (χ3n) is 4.44. The lowest BCUT2D eigenvalue weighted by atomic mass is 9.98. The van der Waals surface area contributed by atoms with Gasteiger partial charge in [-0.05, 0) is 30.2 Å². The minimum absolute atomic E-state index is 0.00394. The second-order valence-corrected chi connectivity index (χ2v) is 9.54.